The lowest BCUT2D eigenvalue weighted by Crippen LogP contribution is -2.17. The van der Waals surface area contributed by atoms with E-state index in [9.17, 15) is 4.79 Å². The number of benzene rings is 1. The Morgan fingerprint density at radius 3 is 2.76 bits per heavy atom. The number of hydrogen-bond acceptors (Lipinski definition) is 5. The molecule has 108 valence electrons. The van der Waals surface area contributed by atoms with Crippen molar-refractivity contribution in [3.8, 4) is 0 Å². The molecule has 1 heterocycles. The highest BCUT2D eigenvalue weighted by Crippen LogP contribution is 2.14. The van der Waals surface area contributed by atoms with Crippen molar-refractivity contribution in [2.45, 2.75) is 6.92 Å². The Morgan fingerprint density at radius 2 is 2.19 bits per heavy atom. The highest BCUT2D eigenvalue weighted by molar-refractivity contribution is 9.10. The summed E-state index contributed by atoms with van der Waals surface area (Å²) in [5.41, 5.74) is 0.540. The fourth-order valence-corrected chi connectivity index (χ4v) is 2.08. The van der Waals surface area contributed by atoms with Crippen molar-refractivity contribution in [3.63, 3.8) is 0 Å². The van der Waals surface area contributed by atoms with Gasteiger partial charge in [0.2, 0.25) is 0 Å². The predicted octanol–water partition coefficient (Wildman–Crippen LogP) is 2.93. The summed E-state index contributed by atoms with van der Waals surface area (Å²) in [6.45, 7) is 6.03. The fourth-order valence-electron chi connectivity index (χ4n) is 1.68. The molecule has 1 aromatic carbocycles. The summed E-state index contributed by atoms with van der Waals surface area (Å²) in [6, 6.07) is 10.5. The first kappa shape index (κ1) is 15.1. The zero-order valence-corrected chi connectivity index (χ0v) is 13.0. The molecule has 0 radical (unpaired) electrons. The van der Waals surface area contributed by atoms with Gasteiger partial charge in [0.05, 0.1) is 0 Å². The first-order chi connectivity index (χ1) is 10.1. The van der Waals surface area contributed by atoms with Crippen LogP contribution >= 0.6 is 15.9 Å². The number of amides is 1. The van der Waals surface area contributed by atoms with Gasteiger partial charge in [-0.05, 0) is 37.3 Å². The largest absolute Gasteiger partial charge is 0.305 e. The molecule has 0 aliphatic carbocycles. The van der Waals surface area contributed by atoms with Gasteiger partial charge < -0.3 is 5.32 Å². The fraction of sp³-hybridized carbons (Fsp3) is 0.143. The van der Waals surface area contributed by atoms with E-state index in [2.05, 4.69) is 43.3 Å². The number of rotatable bonds is 5. The van der Waals surface area contributed by atoms with Gasteiger partial charge in [0.1, 0.15) is 0 Å². The first-order valence-corrected chi connectivity index (χ1v) is 7.08. The molecule has 0 aliphatic rings. The van der Waals surface area contributed by atoms with Crippen molar-refractivity contribution in [2.75, 3.05) is 16.9 Å². The van der Waals surface area contributed by atoms with E-state index >= 15 is 0 Å². The van der Waals surface area contributed by atoms with E-state index in [-0.39, 0.29) is 5.91 Å². The van der Waals surface area contributed by atoms with Crippen LogP contribution in [-0.4, -0.2) is 29.4 Å². The minimum Gasteiger partial charge on any atom is -0.305 e. The van der Waals surface area contributed by atoms with Crippen LogP contribution in [0.4, 0.5) is 11.6 Å². The zero-order valence-electron chi connectivity index (χ0n) is 11.5. The number of hydrogen-bond donors (Lipinski definition) is 1. The molecule has 0 atom stereocenters. The maximum Gasteiger partial charge on any atom is 0.256 e. The highest BCUT2D eigenvalue weighted by Gasteiger charge is 2.09. The third-order valence-corrected chi connectivity index (χ3v) is 3.21. The van der Waals surface area contributed by atoms with E-state index in [0.29, 0.717) is 23.7 Å². The monoisotopic (exact) mass is 347 g/mol. The lowest BCUT2D eigenvalue weighted by Gasteiger charge is -2.14. The second-order valence-electron chi connectivity index (χ2n) is 4.10. The summed E-state index contributed by atoms with van der Waals surface area (Å²) in [5, 5.41) is 16.1. The third kappa shape index (κ3) is 3.85. The summed E-state index contributed by atoms with van der Waals surface area (Å²) in [7, 11) is 0. The van der Waals surface area contributed by atoms with Crippen LogP contribution in [0, 0.1) is 0 Å². The second kappa shape index (κ2) is 6.94. The maximum atomic E-state index is 12.1. The van der Waals surface area contributed by atoms with Crippen LogP contribution in [0.25, 0.3) is 0 Å². The molecule has 0 bridgehead atoms. The number of anilines is 2. The SMILES string of the molecule is C=NN(CC)c1ccc(NC(=O)c2cccc(Br)c2)nn1. The molecule has 1 N–H and O–H groups in total. The Kier molecular flexibility index (Phi) is 4.99. The Bertz CT molecular complexity index is 644. The molecule has 2 rings (SSSR count). The van der Waals surface area contributed by atoms with Crippen LogP contribution in [0.1, 0.15) is 17.3 Å². The van der Waals surface area contributed by atoms with E-state index < -0.39 is 0 Å². The average Bonchev–Trinajstić information content (AvgIpc) is 2.50. The van der Waals surface area contributed by atoms with Gasteiger partial charge in [0.15, 0.2) is 11.6 Å². The van der Waals surface area contributed by atoms with Gasteiger partial charge in [0.25, 0.3) is 5.91 Å². The van der Waals surface area contributed by atoms with Crippen molar-refractivity contribution < 1.29 is 4.79 Å². The van der Waals surface area contributed by atoms with Crippen LogP contribution in [0.15, 0.2) is 46.0 Å². The molecule has 0 fully saturated rings. The van der Waals surface area contributed by atoms with E-state index in [1.54, 1.807) is 35.3 Å². The quantitative estimate of drug-likeness (QED) is 0.666. The summed E-state index contributed by atoms with van der Waals surface area (Å²) in [6.07, 6.45) is 0. The van der Waals surface area contributed by atoms with E-state index in [0.717, 1.165) is 4.47 Å². The predicted molar refractivity (Wildman–Crippen MR) is 86.7 cm³/mol. The third-order valence-electron chi connectivity index (χ3n) is 2.71. The smallest absolute Gasteiger partial charge is 0.256 e. The number of nitrogens with one attached hydrogen (secondary N) is 1. The Labute approximate surface area is 131 Å². The molecule has 0 saturated carbocycles. The van der Waals surface area contributed by atoms with Gasteiger partial charge in [0, 0.05) is 23.3 Å². The first-order valence-electron chi connectivity index (χ1n) is 6.29. The van der Waals surface area contributed by atoms with Gasteiger partial charge in [-0.2, -0.15) is 5.10 Å². The second-order valence-corrected chi connectivity index (χ2v) is 5.01. The van der Waals surface area contributed by atoms with Crippen LogP contribution < -0.4 is 10.3 Å². The summed E-state index contributed by atoms with van der Waals surface area (Å²) >= 11 is 3.33. The molecule has 6 nitrogen and oxygen atoms in total. The molecule has 1 amide bonds. The number of hydrazone groups is 1. The van der Waals surface area contributed by atoms with Crippen molar-refractivity contribution >= 4 is 40.2 Å². The van der Waals surface area contributed by atoms with Gasteiger partial charge >= 0.3 is 0 Å². The maximum absolute atomic E-state index is 12.1. The summed E-state index contributed by atoms with van der Waals surface area (Å²) in [5.74, 6) is 0.712. The van der Waals surface area contributed by atoms with Crippen LogP contribution in [0.2, 0.25) is 0 Å². The molecule has 1 aromatic heterocycles. The molecule has 2 aromatic rings. The van der Waals surface area contributed by atoms with Crippen molar-refractivity contribution in [3.05, 3.63) is 46.4 Å². The summed E-state index contributed by atoms with van der Waals surface area (Å²) < 4.78 is 0.840. The van der Waals surface area contributed by atoms with Crippen LogP contribution in [0.3, 0.4) is 0 Å². The van der Waals surface area contributed by atoms with E-state index in [1.807, 2.05) is 13.0 Å². The van der Waals surface area contributed by atoms with Crippen molar-refractivity contribution in [1.82, 2.24) is 10.2 Å². The van der Waals surface area contributed by atoms with Crippen molar-refractivity contribution in [1.29, 1.82) is 0 Å². The highest BCUT2D eigenvalue weighted by atomic mass is 79.9. The minimum absolute atomic E-state index is 0.243. The van der Waals surface area contributed by atoms with Gasteiger partial charge in [-0.15, -0.1) is 10.2 Å². The molecular weight excluding hydrogens is 334 g/mol. The Morgan fingerprint density at radius 1 is 1.38 bits per heavy atom. The number of nitrogens with zero attached hydrogens (tertiary/aromatic N) is 4. The van der Waals surface area contributed by atoms with E-state index in [1.165, 1.54) is 0 Å². The lowest BCUT2D eigenvalue weighted by atomic mass is 10.2. The van der Waals surface area contributed by atoms with Crippen molar-refractivity contribution in [2.24, 2.45) is 5.10 Å². The van der Waals surface area contributed by atoms with Crippen LogP contribution in [-0.2, 0) is 0 Å². The minimum atomic E-state index is -0.243. The summed E-state index contributed by atoms with van der Waals surface area (Å²) in [4.78, 5) is 12.1. The zero-order chi connectivity index (χ0) is 15.2. The van der Waals surface area contributed by atoms with Gasteiger partial charge in [-0.3, -0.25) is 4.79 Å². The molecule has 0 unspecified atom stereocenters. The van der Waals surface area contributed by atoms with E-state index in [4.69, 9.17) is 0 Å². The molecule has 21 heavy (non-hydrogen) atoms. The number of carbonyl (C=O) groups excluding carboxylic acids is 1. The molecular formula is C14H14BrN5O. The molecule has 0 saturated heterocycles. The molecule has 7 heteroatoms. The normalized spacial score (nSPS) is 10.0. The van der Waals surface area contributed by atoms with Gasteiger partial charge in [-0.1, -0.05) is 22.0 Å². The topological polar surface area (TPSA) is 70.5 Å². The number of halogens is 1. The molecule has 0 spiro atoms. The standard InChI is InChI=1S/C14H14BrN5O/c1-3-20(16-2)13-8-7-12(18-19-13)17-14(21)10-5-4-6-11(15)9-10/h4-9H,2-3H2,1H3,(H,17,18,21). The average molecular weight is 348 g/mol. The molecule has 0 aliphatic heterocycles. The lowest BCUT2D eigenvalue weighted by molar-refractivity contribution is 0.102. The number of aromatic nitrogens is 2. The Hall–Kier alpha value is -2.28. The van der Waals surface area contributed by atoms with Crippen LogP contribution in [0.5, 0.6) is 0 Å². The Balaban J connectivity index is 2.10. The number of carbonyl (C=O) groups is 1. The van der Waals surface area contributed by atoms with Gasteiger partial charge in [-0.25, -0.2) is 5.01 Å².